The summed E-state index contributed by atoms with van der Waals surface area (Å²) in [6.45, 7) is 2.41. The first kappa shape index (κ1) is 13.6. The molecule has 1 aromatic rings. The molecule has 0 aliphatic carbocycles. The lowest BCUT2D eigenvalue weighted by Crippen LogP contribution is -2.25. The summed E-state index contributed by atoms with van der Waals surface area (Å²) >= 11 is 0. The van der Waals surface area contributed by atoms with Crippen LogP contribution in [0, 0.1) is 0 Å². The zero-order chi connectivity index (χ0) is 12.5. The Morgan fingerprint density at radius 2 is 2.29 bits per heavy atom. The first-order valence-corrected chi connectivity index (χ1v) is 5.87. The van der Waals surface area contributed by atoms with E-state index < -0.39 is 6.10 Å². The largest absolute Gasteiger partial charge is 0.467 e. The van der Waals surface area contributed by atoms with Gasteiger partial charge < -0.3 is 9.47 Å². The van der Waals surface area contributed by atoms with Gasteiger partial charge in [-0.15, -0.1) is 0 Å². The van der Waals surface area contributed by atoms with Crippen LogP contribution in [-0.2, 0) is 20.9 Å². The van der Waals surface area contributed by atoms with Gasteiger partial charge in [-0.25, -0.2) is 4.79 Å². The minimum absolute atomic E-state index is 0.311. The molecule has 0 aromatic carbocycles. The topological polar surface area (TPSA) is 48.4 Å². The summed E-state index contributed by atoms with van der Waals surface area (Å²) in [7, 11) is 1.38. The average molecular weight is 237 g/mol. The summed E-state index contributed by atoms with van der Waals surface area (Å²) in [4.78, 5) is 15.6. The molecule has 0 fully saturated rings. The zero-order valence-corrected chi connectivity index (χ0v) is 10.4. The van der Waals surface area contributed by atoms with Gasteiger partial charge in [-0.2, -0.15) is 0 Å². The third-order valence-electron chi connectivity index (χ3n) is 2.44. The maximum absolute atomic E-state index is 11.5. The van der Waals surface area contributed by atoms with Crippen molar-refractivity contribution in [1.82, 2.24) is 4.98 Å². The molecule has 0 aliphatic rings. The molecule has 0 radical (unpaired) electrons. The maximum Gasteiger partial charge on any atom is 0.334 e. The van der Waals surface area contributed by atoms with Gasteiger partial charge >= 0.3 is 5.97 Å². The number of hydrogen-bond donors (Lipinski definition) is 0. The minimum Gasteiger partial charge on any atom is -0.467 e. The standard InChI is InChI=1S/C13H19NO3/c1-3-4-8-12(13(15)16-2)17-10-11-7-5-6-9-14-11/h5-7,9,12H,3-4,8,10H2,1-2H3. The van der Waals surface area contributed by atoms with Gasteiger partial charge in [0, 0.05) is 6.20 Å². The first-order valence-electron chi connectivity index (χ1n) is 5.87. The molecule has 0 saturated heterocycles. The van der Waals surface area contributed by atoms with Gasteiger partial charge in [0.1, 0.15) is 0 Å². The highest BCUT2D eigenvalue weighted by atomic mass is 16.6. The van der Waals surface area contributed by atoms with Crippen LogP contribution in [0.4, 0.5) is 0 Å². The molecule has 1 heterocycles. The number of carbonyl (C=O) groups is 1. The number of esters is 1. The molecular weight excluding hydrogens is 218 g/mol. The van der Waals surface area contributed by atoms with Crippen LogP contribution in [0.1, 0.15) is 31.9 Å². The molecule has 4 heteroatoms. The van der Waals surface area contributed by atoms with Crippen LogP contribution in [0.5, 0.6) is 0 Å². The van der Waals surface area contributed by atoms with Crippen LogP contribution in [0.2, 0.25) is 0 Å². The van der Waals surface area contributed by atoms with E-state index in [1.165, 1.54) is 7.11 Å². The van der Waals surface area contributed by atoms with E-state index in [2.05, 4.69) is 11.9 Å². The quantitative estimate of drug-likeness (QED) is 0.683. The van der Waals surface area contributed by atoms with E-state index in [0.717, 1.165) is 18.5 Å². The van der Waals surface area contributed by atoms with Crippen molar-refractivity contribution in [1.29, 1.82) is 0 Å². The summed E-state index contributed by atoms with van der Waals surface area (Å²) < 4.78 is 10.3. The van der Waals surface area contributed by atoms with E-state index in [1.807, 2.05) is 18.2 Å². The number of carbonyl (C=O) groups excluding carboxylic acids is 1. The summed E-state index contributed by atoms with van der Waals surface area (Å²) in [6, 6.07) is 5.61. The van der Waals surface area contributed by atoms with Gasteiger partial charge in [-0.05, 0) is 18.6 Å². The Hall–Kier alpha value is -1.42. The fourth-order valence-corrected chi connectivity index (χ4v) is 1.46. The second-order valence-corrected chi connectivity index (χ2v) is 3.79. The van der Waals surface area contributed by atoms with Gasteiger partial charge in [0.15, 0.2) is 6.10 Å². The molecule has 1 unspecified atom stereocenters. The number of unbranched alkanes of at least 4 members (excludes halogenated alkanes) is 1. The van der Waals surface area contributed by atoms with Crippen LogP contribution in [-0.4, -0.2) is 24.2 Å². The van der Waals surface area contributed by atoms with E-state index in [1.54, 1.807) is 6.20 Å². The highest BCUT2D eigenvalue weighted by Crippen LogP contribution is 2.09. The van der Waals surface area contributed by atoms with Crippen molar-refractivity contribution in [2.45, 2.75) is 38.9 Å². The molecule has 0 saturated carbocycles. The molecule has 1 atom stereocenters. The van der Waals surface area contributed by atoms with E-state index in [0.29, 0.717) is 13.0 Å². The second kappa shape index (κ2) is 7.79. The lowest BCUT2D eigenvalue weighted by Gasteiger charge is -2.14. The van der Waals surface area contributed by atoms with Crippen LogP contribution >= 0.6 is 0 Å². The van der Waals surface area contributed by atoms with Crippen LogP contribution in [0.15, 0.2) is 24.4 Å². The molecule has 0 amide bonds. The average Bonchev–Trinajstić information content (AvgIpc) is 2.39. The number of aromatic nitrogens is 1. The molecule has 0 N–H and O–H groups in total. The Morgan fingerprint density at radius 1 is 1.47 bits per heavy atom. The Balaban J connectivity index is 2.46. The number of nitrogens with zero attached hydrogens (tertiary/aromatic N) is 1. The number of hydrogen-bond acceptors (Lipinski definition) is 4. The molecular formula is C13H19NO3. The Morgan fingerprint density at radius 3 is 2.88 bits per heavy atom. The van der Waals surface area contributed by atoms with E-state index in [4.69, 9.17) is 9.47 Å². The fraction of sp³-hybridized carbons (Fsp3) is 0.538. The molecule has 0 bridgehead atoms. The van der Waals surface area contributed by atoms with Gasteiger partial charge in [0.05, 0.1) is 19.4 Å². The molecule has 0 spiro atoms. The number of methoxy groups -OCH3 is 1. The number of pyridine rings is 1. The van der Waals surface area contributed by atoms with Crippen molar-refractivity contribution in [2.24, 2.45) is 0 Å². The second-order valence-electron chi connectivity index (χ2n) is 3.79. The molecule has 94 valence electrons. The van der Waals surface area contributed by atoms with Gasteiger partial charge in [-0.3, -0.25) is 4.98 Å². The third kappa shape index (κ3) is 4.95. The molecule has 0 aliphatic heterocycles. The number of rotatable bonds is 7. The maximum atomic E-state index is 11.5. The van der Waals surface area contributed by atoms with Gasteiger partial charge in [-0.1, -0.05) is 25.8 Å². The van der Waals surface area contributed by atoms with Crippen molar-refractivity contribution in [3.8, 4) is 0 Å². The Kier molecular flexibility index (Phi) is 6.25. The monoisotopic (exact) mass is 237 g/mol. The van der Waals surface area contributed by atoms with Crippen LogP contribution in [0.3, 0.4) is 0 Å². The van der Waals surface area contributed by atoms with Crippen molar-refractivity contribution in [3.05, 3.63) is 30.1 Å². The van der Waals surface area contributed by atoms with Crippen LogP contribution < -0.4 is 0 Å². The third-order valence-corrected chi connectivity index (χ3v) is 2.44. The van der Waals surface area contributed by atoms with Crippen molar-refractivity contribution in [2.75, 3.05) is 7.11 Å². The molecule has 17 heavy (non-hydrogen) atoms. The van der Waals surface area contributed by atoms with Gasteiger partial charge in [0.25, 0.3) is 0 Å². The van der Waals surface area contributed by atoms with Crippen molar-refractivity contribution >= 4 is 5.97 Å². The molecule has 1 aromatic heterocycles. The summed E-state index contributed by atoms with van der Waals surface area (Å²) in [5.41, 5.74) is 0.818. The fourth-order valence-electron chi connectivity index (χ4n) is 1.46. The first-order chi connectivity index (χ1) is 8.27. The smallest absolute Gasteiger partial charge is 0.334 e. The lowest BCUT2D eigenvalue weighted by molar-refractivity contribution is -0.155. The Bertz CT molecular complexity index is 327. The Labute approximate surface area is 102 Å². The molecule has 1 rings (SSSR count). The van der Waals surface area contributed by atoms with Gasteiger partial charge in [0.2, 0.25) is 0 Å². The predicted octanol–water partition coefficient (Wildman–Crippen LogP) is 2.33. The minimum atomic E-state index is -0.484. The van der Waals surface area contributed by atoms with E-state index in [9.17, 15) is 4.79 Å². The van der Waals surface area contributed by atoms with E-state index in [-0.39, 0.29) is 5.97 Å². The normalized spacial score (nSPS) is 12.1. The van der Waals surface area contributed by atoms with Crippen molar-refractivity contribution < 1.29 is 14.3 Å². The zero-order valence-electron chi connectivity index (χ0n) is 10.4. The summed E-state index contributed by atoms with van der Waals surface area (Å²) in [5, 5.41) is 0. The van der Waals surface area contributed by atoms with Crippen molar-refractivity contribution in [3.63, 3.8) is 0 Å². The SMILES string of the molecule is CCCCC(OCc1ccccn1)C(=O)OC. The number of ether oxygens (including phenoxy) is 2. The van der Waals surface area contributed by atoms with E-state index >= 15 is 0 Å². The highest BCUT2D eigenvalue weighted by molar-refractivity contribution is 5.74. The molecule has 4 nitrogen and oxygen atoms in total. The van der Waals surface area contributed by atoms with Crippen LogP contribution in [0.25, 0.3) is 0 Å². The summed E-state index contributed by atoms with van der Waals surface area (Å²) in [6.07, 6.45) is 3.89. The highest BCUT2D eigenvalue weighted by Gasteiger charge is 2.19. The summed E-state index contributed by atoms with van der Waals surface area (Å²) in [5.74, 6) is -0.311. The lowest BCUT2D eigenvalue weighted by atomic mass is 10.1. The predicted molar refractivity (Wildman–Crippen MR) is 64.4 cm³/mol.